The number of rotatable bonds is 4. The van der Waals surface area contributed by atoms with Crippen molar-refractivity contribution in [3.05, 3.63) is 51.6 Å². The Morgan fingerprint density at radius 2 is 2.07 bits per heavy atom. The number of halogens is 2. The second-order valence-electron chi connectivity index (χ2n) is 8.60. The molecule has 2 fully saturated rings. The number of aryl methyl sites for hydroxylation is 2. The molecule has 4 rings (SSSR count). The number of likely N-dealkylation sites (tertiary alicyclic amines) is 1. The van der Waals surface area contributed by atoms with Gasteiger partial charge in [0.15, 0.2) is 5.82 Å². The predicted octanol–water partition coefficient (Wildman–Crippen LogP) is 3.51. The molecule has 0 atom stereocenters. The Kier molecular flexibility index (Phi) is 5.34. The van der Waals surface area contributed by atoms with Crippen molar-refractivity contribution >= 4 is 23.4 Å². The van der Waals surface area contributed by atoms with E-state index in [-0.39, 0.29) is 33.9 Å². The molecule has 0 bridgehead atoms. The van der Waals surface area contributed by atoms with Gasteiger partial charge >= 0.3 is 0 Å². The third-order valence-electron chi connectivity index (χ3n) is 6.57. The normalized spacial score (nSPS) is 23.0. The van der Waals surface area contributed by atoms with E-state index in [9.17, 15) is 14.0 Å². The lowest BCUT2D eigenvalue weighted by Gasteiger charge is -2.45. The average Bonchev–Trinajstić information content (AvgIpc) is 3.29. The van der Waals surface area contributed by atoms with Gasteiger partial charge in [-0.2, -0.15) is 5.10 Å². The van der Waals surface area contributed by atoms with Gasteiger partial charge in [0.05, 0.1) is 28.0 Å². The molecule has 1 N–H and O–H groups in total. The molecular formula is C22H26ClFN4O2. The van der Waals surface area contributed by atoms with E-state index in [2.05, 4.69) is 10.4 Å². The SMILES string of the molecule is CCc1c(C(=O)NC2CC3(CCN(C(=O)c4ccc(C)c(Cl)c4F)C3)C2)cnn1C. The second-order valence-corrected chi connectivity index (χ2v) is 8.97. The van der Waals surface area contributed by atoms with Crippen LogP contribution in [0.4, 0.5) is 4.39 Å². The fraction of sp³-hybridized carbons (Fsp3) is 0.500. The third-order valence-corrected chi connectivity index (χ3v) is 7.03. The van der Waals surface area contributed by atoms with Crippen LogP contribution in [0.25, 0.3) is 0 Å². The molecule has 0 unspecified atom stereocenters. The molecule has 1 aromatic heterocycles. The lowest BCUT2D eigenvalue weighted by molar-refractivity contribution is 0.0607. The fourth-order valence-electron chi connectivity index (χ4n) is 4.85. The first-order valence-electron chi connectivity index (χ1n) is 10.3. The molecular weight excluding hydrogens is 407 g/mol. The van der Waals surface area contributed by atoms with Crippen LogP contribution in [0.2, 0.25) is 5.02 Å². The zero-order valence-corrected chi connectivity index (χ0v) is 18.2. The second kappa shape index (κ2) is 7.69. The molecule has 1 spiro atoms. The van der Waals surface area contributed by atoms with Gasteiger partial charge in [-0.1, -0.05) is 24.6 Å². The highest BCUT2D eigenvalue weighted by Gasteiger charge is 2.50. The quantitative estimate of drug-likeness (QED) is 0.803. The molecule has 160 valence electrons. The molecule has 2 amide bonds. The largest absolute Gasteiger partial charge is 0.349 e. The van der Waals surface area contributed by atoms with Crippen molar-refractivity contribution in [1.82, 2.24) is 20.0 Å². The molecule has 0 radical (unpaired) electrons. The Labute approximate surface area is 180 Å². The molecule has 2 aliphatic rings. The Morgan fingerprint density at radius 3 is 2.77 bits per heavy atom. The lowest BCUT2D eigenvalue weighted by atomic mass is 9.65. The highest BCUT2D eigenvalue weighted by molar-refractivity contribution is 6.31. The molecule has 1 aliphatic carbocycles. The first-order valence-corrected chi connectivity index (χ1v) is 10.7. The van der Waals surface area contributed by atoms with Gasteiger partial charge in [0.2, 0.25) is 0 Å². The van der Waals surface area contributed by atoms with Gasteiger partial charge in [0.1, 0.15) is 0 Å². The molecule has 1 saturated heterocycles. The van der Waals surface area contributed by atoms with Crippen LogP contribution in [0.5, 0.6) is 0 Å². The van der Waals surface area contributed by atoms with Crippen molar-refractivity contribution < 1.29 is 14.0 Å². The minimum atomic E-state index is -0.649. The summed E-state index contributed by atoms with van der Waals surface area (Å²) in [5.74, 6) is -1.06. The molecule has 8 heteroatoms. The average molecular weight is 433 g/mol. The number of nitrogens with one attached hydrogen (secondary N) is 1. The summed E-state index contributed by atoms with van der Waals surface area (Å²) in [6.07, 6.45) is 4.85. The number of hydrogen-bond acceptors (Lipinski definition) is 3. The van der Waals surface area contributed by atoms with Crippen LogP contribution in [0.3, 0.4) is 0 Å². The van der Waals surface area contributed by atoms with Crippen molar-refractivity contribution in [1.29, 1.82) is 0 Å². The Morgan fingerprint density at radius 1 is 1.33 bits per heavy atom. The Balaban J connectivity index is 1.36. The Hall–Kier alpha value is -2.41. The van der Waals surface area contributed by atoms with Crippen LogP contribution in [0.1, 0.15) is 58.2 Å². The zero-order chi connectivity index (χ0) is 21.6. The molecule has 30 heavy (non-hydrogen) atoms. The molecule has 1 saturated carbocycles. The predicted molar refractivity (Wildman–Crippen MR) is 112 cm³/mol. The maximum atomic E-state index is 14.5. The van der Waals surface area contributed by atoms with Crippen molar-refractivity contribution in [3.8, 4) is 0 Å². The van der Waals surface area contributed by atoms with E-state index < -0.39 is 5.82 Å². The highest BCUT2D eigenvalue weighted by Crippen LogP contribution is 2.48. The maximum Gasteiger partial charge on any atom is 0.256 e. The molecule has 1 aromatic carbocycles. The molecule has 2 aromatic rings. The Bertz CT molecular complexity index is 1010. The summed E-state index contributed by atoms with van der Waals surface area (Å²) in [5, 5.41) is 7.28. The fourth-order valence-corrected chi connectivity index (χ4v) is 5.01. The maximum absolute atomic E-state index is 14.5. The van der Waals surface area contributed by atoms with E-state index in [4.69, 9.17) is 11.6 Å². The monoisotopic (exact) mass is 432 g/mol. The molecule has 6 nitrogen and oxygen atoms in total. The van der Waals surface area contributed by atoms with Crippen molar-refractivity contribution in [2.24, 2.45) is 12.5 Å². The van der Waals surface area contributed by atoms with Crippen LogP contribution < -0.4 is 5.32 Å². The number of aromatic nitrogens is 2. The molecule has 2 heterocycles. The minimum Gasteiger partial charge on any atom is -0.349 e. The van der Waals surface area contributed by atoms with Crippen LogP contribution >= 0.6 is 11.6 Å². The minimum absolute atomic E-state index is 0.00109. The first kappa shape index (κ1) is 20.8. The standard InChI is InChI=1S/C22H26ClFN4O2/c1-4-17-16(11-25-27(17)3)20(29)26-14-9-22(10-14)7-8-28(12-22)21(30)15-6-5-13(2)18(23)19(15)24/h5-6,11,14H,4,7-10,12H2,1-3H3,(H,26,29). The van der Waals surface area contributed by atoms with Gasteiger partial charge in [-0.25, -0.2) is 4.39 Å². The number of amides is 2. The van der Waals surface area contributed by atoms with Crippen molar-refractivity contribution in [3.63, 3.8) is 0 Å². The van der Waals surface area contributed by atoms with Crippen LogP contribution in [-0.4, -0.2) is 45.6 Å². The lowest BCUT2D eigenvalue weighted by Crippen LogP contribution is -2.52. The summed E-state index contributed by atoms with van der Waals surface area (Å²) < 4.78 is 16.2. The summed E-state index contributed by atoms with van der Waals surface area (Å²) in [6.45, 7) is 4.88. The van der Waals surface area contributed by atoms with Crippen LogP contribution in [0.15, 0.2) is 18.3 Å². The highest BCUT2D eigenvalue weighted by atomic mass is 35.5. The van der Waals surface area contributed by atoms with E-state index in [1.54, 1.807) is 28.8 Å². The smallest absolute Gasteiger partial charge is 0.256 e. The van der Waals surface area contributed by atoms with Gasteiger partial charge in [-0.15, -0.1) is 0 Å². The first-order chi connectivity index (χ1) is 14.2. The number of carbonyl (C=O) groups excluding carboxylic acids is 2. The van der Waals surface area contributed by atoms with E-state index >= 15 is 0 Å². The van der Waals surface area contributed by atoms with Crippen LogP contribution in [-0.2, 0) is 13.5 Å². The zero-order valence-electron chi connectivity index (χ0n) is 17.5. The number of nitrogens with zero attached hydrogens (tertiary/aromatic N) is 3. The number of hydrogen-bond donors (Lipinski definition) is 1. The third kappa shape index (κ3) is 3.49. The van der Waals surface area contributed by atoms with Gasteiger partial charge in [-0.3, -0.25) is 14.3 Å². The van der Waals surface area contributed by atoms with E-state index in [0.717, 1.165) is 31.4 Å². The van der Waals surface area contributed by atoms with E-state index in [1.165, 1.54) is 6.07 Å². The summed E-state index contributed by atoms with van der Waals surface area (Å²) in [5.41, 5.74) is 2.17. The van der Waals surface area contributed by atoms with Gasteiger partial charge in [-0.05, 0) is 49.7 Å². The van der Waals surface area contributed by atoms with Gasteiger partial charge in [0.25, 0.3) is 11.8 Å². The summed E-state index contributed by atoms with van der Waals surface area (Å²) in [6, 6.07) is 3.26. The molecule has 1 aliphatic heterocycles. The van der Waals surface area contributed by atoms with Crippen LogP contribution in [0, 0.1) is 18.2 Å². The topological polar surface area (TPSA) is 67.2 Å². The number of carbonyl (C=O) groups is 2. The summed E-state index contributed by atoms with van der Waals surface area (Å²) in [4.78, 5) is 27.1. The van der Waals surface area contributed by atoms with Crippen molar-refractivity contribution in [2.75, 3.05) is 13.1 Å². The van der Waals surface area contributed by atoms with E-state index in [1.807, 2.05) is 14.0 Å². The summed E-state index contributed by atoms with van der Waals surface area (Å²) >= 11 is 5.98. The van der Waals surface area contributed by atoms with Gasteiger partial charge < -0.3 is 10.2 Å². The van der Waals surface area contributed by atoms with Gasteiger partial charge in [0, 0.05) is 26.2 Å². The van der Waals surface area contributed by atoms with E-state index in [0.29, 0.717) is 24.2 Å². The number of benzene rings is 1. The van der Waals surface area contributed by atoms with Crippen molar-refractivity contribution in [2.45, 2.75) is 45.6 Å². The summed E-state index contributed by atoms with van der Waals surface area (Å²) in [7, 11) is 1.84.